The summed E-state index contributed by atoms with van der Waals surface area (Å²) in [5.41, 5.74) is 0.241. The van der Waals surface area contributed by atoms with Gasteiger partial charge >= 0.3 is 6.18 Å². The van der Waals surface area contributed by atoms with Gasteiger partial charge in [-0.15, -0.1) is 11.3 Å². The van der Waals surface area contributed by atoms with Crippen LogP contribution >= 0.6 is 11.3 Å². The normalized spacial score (nSPS) is 11.6. The molecule has 0 saturated heterocycles. The molecule has 0 aliphatic rings. The van der Waals surface area contributed by atoms with Crippen molar-refractivity contribution in [2.24, 2.45) is 0 Å². The van der Waals surface area contributed by atoms with Gasteiger partial charge in [0.15, 0.2) is 5.13 Å². The third-order valence-corrected chi connectivity index (χ3v) is 3.91. The smallest absolute Gasteiger partial charge is 0.419 e. The topological polar surface area (TPSA) is 59.9 Å². The Bertz CT molecular complexity index is 878. The van der Waals surface area contributed by atoms with Crippen LogP contribution in [-0.4, -0.2) is 21.1 Å². The SMILES string of the molecule is CC(C)Oc1ccc(-c2csc(Nc3nc[c]cc3C(F)(F)F)n2)nc1. The lowest BCUT2D eigenvalue weighted by atomic mass is 10.2. The van der Waals surface area contributed by atoms with Crippen molar-refractivity contribution in [1.82, 2.24) is 15.0 Å². The van der Waals surface area contributed by atoms with E-state index >= 15 is 0 Å². The monoisotopic (exact) mass is 379 g/mol. The molecular weight excluding hydrogens is 365 g/mol. The van der Waals surface area contributed by atoms with Crippen LogP contribution in [0.1, 0.15) is 19.4 Å². The summed E-state index contributed by atoms with van der Waals surface area (Å²) in [6.45, 7) is 3.83. The Morgan fingerprint density at radius 3 is 2.65 bits per heavy atom. The summed E-state index contributed by atoms with van der Waals surface area (Å²) in [6, 6.07) is 6.69. The molecule has 0 aromatic carbocycles. The van der Waals surface area contributed by atoms with Gasteiger partial charge in [-0.3, -0.25) is 4.98 Å². The van der Waals surface area contributed by atoms with Gasteiger partial charge in [-0.2, -0.15) is 13.2 Å². The molecule has 26 heavy (non-hydrogen) atoms. The number of pyridine rings is 2. The summed E-state index contributed by atoms with van der Waals surface area (Å²) in [4.78, 5) is 12.3. The molecule has 3 aromatic rings. The Labute approximate surface area is 151 Å². The summed E-state index contributed by atoms with van der Waals surface area (Å²) in [5, 5.41) is 4.60. The van der Waals surface area contributed by atoms with Gasteiger partial charge < -0.3 is 10.1 Å². The number of nitrogens with zero attached hydrogens (tertiary/aromatic N) is 3. The molecule has 9 heteroatoms. The first-order chi connectivity index (χ1) is 12.3. The van der Waals surface area contributed by atoms with E-state index in [1.807, 2.05) is 13.8 Å². The highest BCUT2D eigenvalue weighted by Crippen LogP contribution is 2.35. The lowest BCUT2D eigenvalue weighted by Crippen LogP contribution is -2.10. The van der Waals surface area contributed by atoms with Gasteiger partial charge in [0.1, 0.15) is 17.3 Å². The molecule has 5 nitrogen and oxygen atoms in total. The second-order valence-corrected chi connectivity index (χ2v) is 6.40. The third-order valence-electron chi connectivity index (χ3n) is 3.16. The van der Waals surface area contributed by atoms with Crippen LogP contribution in [0.2, 0.25) is 0 Å². The van der Waals surface area contributed by atoms with Gasteiger partial charge in [-0.25, -0.2) is 9.97 Å². The third kappa shape index (κ3) is 4.29. The lowest BCUT2D eigenvalue weighted by molar-refractivity contribution is -0.137. The minimum atomic E-state index is -4.53. The molecule has 0 saturated carbocycles. The number of nitrogens with one attached hydrogen (secondary N) is 1. The number of halogens is 3. The fraction of sp³-hybridized carbons (Fsp3) is 0.235. The second-order valence-electron chi connectivity index (χ2n) is 5.54. The van der Waals surface area contributed by atoms with E-state index in [4.69, 9.17) is 4.74 Å². The van der Waals surface area contributed by atoms with Crippen molar-refractivity contribution in [2.75, 3.05) is 5.32 Å². The number of thiazole rings is 1. The molecule has 0 aliphatic carbocycles. The Balaban J connectivity index is 1.79. The number of hydrogen-bond acceptors (Lipinski definition) is 6. The van der Waals surface area contributed by atoms with Gasteiger partial charge in [0, 0.05) is 17.6 Å². The molecule has 0 aliphatic heterocycles. The molecule has 0 bridgehead atoms. The average molecular weight is 379 g/mol. The zero-order valence-corrected chi connectivity index (χ0v) is 14.6. The van der Waals surface area contributed by atoms with Crippen LogP contribution in [0.15, 0.2) is 36.0 Å². The van der Waals surface area contributed by atoms with Gasteiger partial charge in [0.05, 0.1) is 23.6 Å². The van der Waals surface area contributed by atoms with Crippen LogP contribution in [0, 0.1) is 6.07 Å². The summed E-state index contributed by atoms with van der Waals surface area (Å²) < 4.78 is 44.6. The zero-order valence-electron chi connectivity index (χ0n) is 13.8. The minimum Gasteiger partial charge on any atom is -0.489 e. The van der Waals surface area contributed by atoms with Crippen molar-refractivity contribution in [3.63, 3.8) is 0 Å². The quantitative estimate of drug-likeness (QED) is 0.680. The maximum Gasteiger partial charge on any atom is 0.419 e. The zero-order chi connectivity index (χ0) is 18.7. The highest BCUT2D eigenvalue weighted by Gasteiger charge is 2.34. The van der Waals surface area contributed by atoms with E-state index in [0.717, 1.165) is 17.4 Å². The highest BCUT2D eigenvalue weighted by molar-refractivity contribution is 7.14. The Hall–Kier alpha value is -2.68. The van der Waals surface area contributed by atoms with Crippen molar-refractivity contribution in [3.05, 3.63) is 47.6 Å². The van der Waals surface area contributed by atoms with E-state index in [9.17, 15) is 13.2 Å². The van der Waals surface area contributed by atoms with E-state index in [-0.39, 0.29) is 17.1 Å². The molecule has 0 atom stereocenters. The number of rotatable bonds is 5. The average Bonchev–Trinajstić information content (AvgIpc) is 3.03. The van der Waals surface area contributed by atoms with Crippen LogP contribution in [0.25, 0.3) is 11.4 Å². The largest absolute Gasteiger partial charge is 0.489 e. The number of alkyl halides is 3. The van der Waals surface area contributed by atoms with Gasteiger partial charge in [-0.1, -0.05) is 0 Å². The molecule has 3 aromatic heterocycles. The molecular formula is C17H14F3N4OS. The van der Waals surface area contributed by atoms with Crippen molar-refractivity contribution in [1.29, 1.82) is 0 Å². The van der Waals surface area contributed by atoms with E-state index in [0.29, 0.717) is 17.1 Å². The first-order valence-corrected chi connectivity index (χ1v) is 8.50. The van der Waals surface area contributed by atoms with Gasteiger partial charge in [0.25, 0.3) is 0 Å². The van der Waals surface area contributed by atoms with Crippen LogP contribution in [0.5, 0.6) is 5.75 Å². The maximum absolute atomic E-state index is 13.0. The molecule has 3 heterocycles. The fourth-order valence-electron chi connectivity index (χ4n) is 2.10. The molecule has 1 N–H and O–H groups in total. The molecule has 135 valence electrons. The van der Waals surface area contributed by atoms with Crippen LogP contribution in [-0.2, 0) is 6.18 Å². The minimum absolute atomic E-state index is 0.0381. The Kier molecular flexibility index (Phi) is 5.08. The lowest BCUT2D eigenvalue weighted by Gasteiger charge is -2.11. The van der Waals surface area contributed by atoms with Crippen LogP contribution < -0.4 is 10.1 Å². The highest BCUT2D eigenvalue weighted by atomic mass is 32.1. The van der Waals surface area contributed by atoms with E-state index in [1.165, 1.54) is 6.20 Å². The summed E-state index contributed by atoms with van der Waals surface area (Å²) in [6.07, 6.45) is -1.74. The first kappa shape index (κ1) is 18.1. The number of anilines is 2. The molecule has 0 fully saturated rings. The molecule has 1 radical (unpaired) electrons. The second kappa shape index (κ2) is 7.28. The predicted octanol–water partition coefficient (Wildman–Crippen LogP) is 4.95. The van der Waals surface area contributed by atoms with E-state index in [1.54, 1.807) is 23.7 Å². The van der Waals surface area contributed by atoms with Crippen LogP contribution in [0.3, 0.4) is 0 Å². The molecule has 3 rings (SSSR count). The molecule has 0 unspecified atom stereocenters. The van der Waals surface area contributed by atoms with Gasteiger partial charge in [0.2, 0.25) is 0 Å². The van der Waals surface area contributed by atoms with Gasteiger partial charge in [-0.05, 0) is 32.0 Å². The van der Waals surface area contributed by atoms with Crippen molar-refractivity contribution in [2.45, 2.75) is 26.1 Å². The Morgan fingerprint density at radius 1 is 1.19 bits per heavy atom. The van der Waals surface area contributed by atoms with Crippen molar-refractivity contribution in [3.8, 4) is 17.1 Å². The maximum atomic E-state index is 13.0. The van der Waals surface area contributed by atoms with Crippen LogP contribution in [0.4, 0.5) is 24.1 Å². The van der Waals surface area contributed by atoms with Crippen molar-refractivity contribution < 1.29 is 17.9 Å². The fourth-order valence-corrected chi connectivity index (χ4v) is 2.80. The van der Waals surface area contributed by atoms with Crippen molar-refractivity contribution >= 4 is 22.3 Å². The molecule has 0 amide bonds. The van der Waals surface area contributed by atoms with E-state index in [2.05, 4.69) is 26.3 Å². The van der Waals surface area contributed by atoms with E-state index < -0.39 is 11.7 Å². The summed E-state index contributed by atoms with van der Waals surface area (Å²) >= 11 is 1.16. The number of ether oxygens (including phenoxy) is 1. The number of hydrogen-bond donors (Lipinski definition) is 1. The standard InChI is InChI=1S/C17H14F3N4OS/c1-10(2)25-11-5-6-13(22-8-11)14-9-26-16(23-14)24-15-12(17(18,19)20)4-3-7-21-15/h4-10H,1-2H3,(H,21,23,24). The molecule has 0 spiro atoms. The summed E-state index contributed by atoms with van der Waals surface area (Å²) in [5.74, 6) is 0.322. The predicted molar refractivity (Wildman–Crippen MR) is 92.5 cm³/mol. The first-order valence-electron chi connectivity index (χ1n) is 7.62. The number of aromatic nitrogens is 3. The Morgan fingerprint density at radius 2 is 2.00 bits per heavy atom. The summed E-state index contributed by atoms with van der Waals surface area (Å²) in [7, 11) is 0.